The maximum atomic E-state index is 11.2. The van der Waals surface area contributed by atoms with Gasteiger partial charge in [-0.3, -0.25) is 9.79 Å². The number of nitrogens with zero attached hydrogens (tertiary/aromatic N) is 2. The Balaban J connectivity index is 1.63. The Morgan fingerprint density at radius 2 is 1.85 bits per heavy atom. The number of amides is 1. The molecule has 1 aliphatic heterocycles. The highest BCUT2D eigenvalue weighted by atomic mass is 16.1. The molecule has 6 nitrogen and oxygen atoms in total. The Kier molecular flexibility index (Phi) is 9.39. The standard InChI is InChI=1S/C21H41N5O/c1-3-21(11-5-6-12-21)17-25-20(23-4-2)24-13-7-8-14-26-15-9-18(10-16-26)19(22)27/h18H,3-17H2,1-2H3,(H2,22,27)(H2,23,24,25). The second kappa shape index (κ2) is 11.5. The SMILES string of the molecule is CCNC(=NCC1(CC)CCCC1)NCCCCN1CCC(C(N)=O)CC1. The van der Waals surface area contributed by atoms with E-state index in [0.29, 0.717) is 5.41 Å². The predicted molar refractivity (Wildman–Crippen MR) is 113 cm³/mol. The fraction of sp³-hybridized carbons (Fsp3) is 0.905. The van der Waals surface area contributed by atoms with Gasteiger partial charge in [-0.25, -0.2) is 0 Å². The molecule has 2 rings (SSSR count). The summed E-state index contributed by atoms with van der Waals surface area (Å²) in [5.74, 6) is 0.934. The summed E-state index contributed by atoms with van der Waals surface area (Å²) in [4.78, 5) is 18.6. The second-order valence-corrected chi connectivity index (χ2v) is 8.41. The number of likely N-dealkylation sites (tertiary alicyclic amines) is 1. The average Bonchev–Trinajstić information content (AvgIpc) is 3.15. The van der Waals surface area contributed by atoms with E-state index in [4.69, 9.17) is 10.7 Å². The van der Waals surface area contributed by atoms with E-state index < -0.39 is 0 Å². The number of nitrogens with one attached hydrogen (secondary N) is 2. The van der Waals surface area contributed by atoms with Gasteiger partial charge in [-0.15, -0.1) is 0 Å². The van der Waals surface area contributed by atoms with Crippen LogP contribution in [0.3, 0.4) is 0 Å². The van der Waals surface area contributed by atoms with Gasteiger partial charge in [0, 0.05) is 25.6 Å². The Bertz CT molecular complexity index is 465. The molecule has 0 aromatic carbocycles. The van der Waals surface area contributed by atoms with Gasteiger partial charge in [0.25, 0.3) is 0 Å². The summed E-state index contributed by atoms with van der Waals surface area (Å²) in [6, 6.07) is 0. The van der Waals surface area contributed by atoms with Gasteiger partial charge in [-0.1, -0.05) is 19.8 Å². The Hall–Kier alpha value is -1.30. The van der Waals surface area contributed by atoms with Crippen molar-refractivity contribution in [1.82, 2.24) is 15.5 Å². The lowest BCUT2D eigenvalue weighted by Crippen LogP contribution is -2.40. The molecule has 2 fully saturated rings. The molecule has 0 unspecified atom stereocenters. The quantitative estimate of drug-likeness (QED) is 0.309. The van der Waals surface area contributed by atoms with E-state index in [2.05, 4.69) is 29.4 Å². The van der Waals surface area contributed by atoms with Crippen LogP contribution in [0.15, 0.2) is 4.99 Å². The minimum absolute atomic E-state index is 0.0908. The number of unbranched alkanes of at least 4 members (excludes halogenated alkanes) is 1. The summed E-state index contributed by atoms with van der Waals surface area (Å²) < 4.78 is 0. The monoisotopic (exact) mass is 379 g/mol. The number of guanidine groups is 1. The smallest absolute Gasteiger partial charge is 0.220 e. The molecule has 1 saturated carbocycles. The maximum Gasteiger partial charge on any atom is 0.220 e. The average molecular weight is 380 g/mol. The Morgan fingerprint density at radius 1 is 1.15 bits per heavy atom. The molecule has 1 aliphatic carbocycles. The zero-order chi connectivity index (χ0) is 19.5. The van der Waals surface area contributed by atoms with Gasteiger partial charge in [-0.05, 0) is 76.9 Å². The molecule has 6 heteroatoms. The van der Waals surface area contributed by atoms with Crippen LogP contribution in [0.1, 0.15) is 71.6 Å². The van der Waals surface area contributed by atoms with Crippen molar-refractivity contribution in [3.8, 4) is 0 Å². The van der Waals surface area contributed by atoms with Gasteiger partial charge in [0.1, 0.15) is 0 Å². The molecule has 2 aliphatic rings. The first kappa shape index (κ1) is 22.0. The molecular formula is C21H41N5O. The van der Waals surface area contributed by atoms with E-state index in [-0.39, 0.29) is 11.8 Å². The van der Waals surface area contributed by atoms with Crippen LogP contribution in [0, 0.1) is 11.3 Å². The summed E-state index contributed by atoms with van der Waals surface area (Å²) in [6.45, 7) is 10.4. The maximum absolute atomic E-state index is 11.2. The van der Waals surface area contributed by atoms with Crippen molar-refractivity contribution in [2.45, 2.75) is 71.6 Å². The molecule has 0 aromatic rings. The number of carbonyl (C=O) groups is 1. The molecule has 1 heterocycles. The van der Waals surface area contributed by atoms with Crippen molar-refractivity contribution in [2.75, 3.05) is 39.3 Å². The number of carbonyl (C=O) groups excluding carboxylic acids is 1. The van der Waals surface area contributed by atoms with E-state index in [9.17, 15) is 4.79 Å². The van der Waals surface area contributed by atoms with Crippen LogP contribution in [-0.4, -0.2) is 56.0 Å². The van der Waals surface area contributed by atoms with Crippen molar-refractivity contribution < 1.29 is 4.79 Å². The van der Waals surface area contributed by atoms with Crippen LogP contribution in [0.2, 0.25) is 0 Å². The third-order valence-corrected chi connectivity index (χ3v) is 6.51. The summed E-state index contributed by atoms with van der Waals surface area (Å²) in [5.41, 5.74) is 5.85. The van der Waals surface area contributed by atoms with Gasteiger partial charge in [0.15, 0.2) is 5.96 Å². The highest BCUT2D eigenvalue weighted by Crippen LogP contribution is 2.41. The minimum atomic E-state index is -0.128. The molecule has 27 heavy (non-hydrogen) atoms. The number of nitrogens with two attached hydrogens (primary N) is 1. The molecule has 0 radical (unpaired) electrons. The lowest BCUT2D eigenvalue weighted by Gasteiger charge is -2.30. The van der Waals surface area contributed by atoms with Crippen LogP contribution >= 0.6 is 0 Å². The van der Waals surface area contributed by atoms with E-state index in [0.717, 1.165) is 64.5 Å². The van der Waals surface area contributed by atoms with Crippen molar-refractivity contribution in [2.24, 2.45) is 22.1 Å². The molecule has 0 aromatic heterocycles. The number of primary amides is 1. The third-order valence-electron chi connectivity index (χ3n) is 6.51. The zero-order valence-corrected chi connectivity index (χ0v) is 17.6. The number of aliphatic imine (C=N–C) groups is 1. The molecule has 156 valence electrons. The lowest BCUT2D eigenvalue weighted by atomic mass is 9.84. The van der Waals surface area contributed by atoms with Crippen molar-refractivity contribution in [3.05, 3.63) is 0 Å². The van der Waals surface area contributed by atoms with E-state index in [1.807, 2.05) is 0 Å². The molecule has 0 atom stereocenters. The lowest BCUT2D eigenvalue weighted by molar-refractivity contribution is -0.123. The van der Waals surface area contributed by atoms with Gasteiger partial charge in [0.05, 0.1) is 0 Å². The topological polar surface area (TPSA) is 82.8 Å². The van der Waals surface area contributed by atoms with E-state index in [1.54, 1.807) is 0 Å². The van der Waals surface area contributed by atoms with Crippen LogP contribution in [-0.2, 0) is 4.79 Å². The van der Waals surface area contributed by atoms with E-state index in [1.165, 1.54) is 38.5 Å². The van der Waals surface area contributed by atoms with Crippen LogP contribution < -0.4 is 16.4 Å². The minimum Gasteiger partial charge on any atom is -0.369 e. The summed E-state index contributed by atoms with van der Waals surface area (Å²) in [7, 11) is 0. The number of rotatable bonds is 10. The predicted octanol–water partition coefficient (Wildman–Crippen LogP) is 2.49. The van der Waals surface area contributed by atoms with Crippen molar-refractivity contribution in [1.29, 1.82) is 0 Å². The summed E-state index contributed by atoms with van der Waals surface area (Å²) >= 11 is 0. The highest BCUT2D eigenvalue weighted by Gasteiger charge is 2.31. The highest BCUT2D eigenvalue weighted by molar-refractivity contribution is 5.79. The van der Waals surface area contributed by atoms with Crippen molar-refractivity contribution in [3.63, 3.8) is 0 Å². The number of hydrogen-bond acceptors (Lipinski definition) is 3. The molecule has 0 spiro atoms. The Morgan fingerprint density at radius 3 is 2.44 bits per heavy atom. The second-order valence-electron chi connectivity index (χ2n) is 8.41. The molecule has 4 N–H and O–H groups in total. The van der Waals surface area contributed by atoms with Gasteiger partial charge in [-0.2, -0.15) is 0 Å². The Labute approximate surface area is 165 Å². The zero-order valence-electron chi connectivity index (χ0n) is 17.6. The third kappa shape index (κ3) is 7.32. The van der Waals surface area contributed by atoms with Crippen LogP contribution in [0.5, 0.6) is 0 Å². The molecule has 1 saturated heterocycles. The fourth-order valence-electron chi connectivity index (χ4n) is 4.45. The summed E-state index contributed by atoms with van der Waals surface area (Å²) in [6.07, 6.45) is 10.8. The molecule has 0 bridgehead atoms. The number of hydrogen-bond donors (Lipinski definition) is 3. The first-order valence-corrected chi connectivity index (χ1v) is 11.1. The fourth-order valence-corrected chi connectivity index (χ4v) is 4.45. The first-order chi connectivity index (χ1) is 13.1. The largest absolute Gasteiger partial charge is 0.369 e. The van der Waals surface area contributed by atoms with Crippen molar-refractivity contribution >= 4 is 11.9 Å². The normalized spacial score (nSPS) is 21.3. The molecule has 1 amide bonds. The van der Waals surface area contributed by atoms with Gasteiger partial charge < -0.3 is 21.3 Å². The summed E-state index contributed by atoms with van der Waals surface area (Å²) in [5, 5.41) is 6.89. The van der Waals surface area contributed by atoms with Crippen LogP contribution in [0.25, 0.3) is 0 Å². The first-order valence-electron chi connectivity index (χ1n) is 11.1. The number of piperidine rings is 1. The van der Waals surface area contributed by atoms with Crippen LogP contribution in [0.4, 0.5) is 0 Å². The molecular weight excluding hydrogens is 338 g/mol. The van der Waals surface area contributed by atoms with Gasteiger partial charge in [0.2, 0.25) is 5.91 Å². The van der Waals surface area contributed by atoms with E-state index >= 15 is 0 Å². The van der Waals surface area contributed by atoms with Gasteiger partial charge >= 0.3 is 0 Å².